The van der Waals surface area contributed by atoms with Crippen LogP contribution in [0.5, 0.6) is 0 Å². The van der Waals surface area contributed by atoms with Gasteiger partial charge >= 0.3 is 5.97 Å². The van der Waals surface area contributed by atoms with Crippen LogP contribution in [0.4, 0.5) is 4.39 Å². The monoisotopic (exact) mass is 443 g/mol. The summed E-state index contributed by atoms with van der Waals surface area (Å²) in [5.41, 5.74) is -0.736. The van der Waals surface area contributed by atoms with Crippen molar-refractivity contribution in [2.75, 3.05) is 12.4 Å². The molecule has 0 spiro atoms. The summed E-state index contributed by atoms with van der Waals surface area (Å²) < 4.78 is 12.9. The number of carboxylic acids is 1. The van der Waals surface area contributed by atoms with E-state index in [1.165, 1.54) is 28.5 Å². The average Bonchev–Trinajstić information content (AvgIpc) is 3.27. The van der Waals surface area contributed by atoms with E-state index >= 15 is 0 Å². The summed E-state index contributed by atoms with van der Waals surface area (Å²) in [6, 6.07) is 0. The molecule has 1 heterocycles. The van der Waals surface area contributed by atoms with E-state index in [4.69, 9.17) is 5.11 Å². The SMILES string of the molecule is CC(O)(C/C=C/[C@H]1CCC(=O)C1CCSc1nc(C(=O)O)cs1)CCCCCF. The molecule has 1 aliphatic rings. The topological polar surface area (TPSA) is 87.5 Å². The molecule has 1 saturated carbocycles. The fourth-order valence-corrected chi connectivity index (χ4v) is 5.50. The molecule has 0 amide bonds. The van der Waals surface area contributed by atoms with Gasteiger partial charge in [0.05, 0.1) is 12.3 Å². The summed E-state index contributed by atoms with van der Waals surface area (Å²) in [6.45, 7) is 1.50. The van der Waals surface area contributed by atoms with Crippen molar-refractivity contribution in [2.24, 2.45) is 11.8 Å². The van der Waals surface area contributed by atoms with Crippen LogP contribution in [0.1, 0.15) is 68.8 Å². The van der Waals surface area contributed by atoms with Gasteiger partial charge in [-0.25, -0.2) is 9.78 Å². The number of allylic oxidation sites excluding steroid dienone is 1. The van der Waals surface area contributed by atoms with Crippen molar-refractivity contribution >= 4 is 34.9 Å². The molecule has 0 saturated heterocycles. The molecule has 3 atom stereocenters. The van der Waals surface area contributed by atoms with E-state index in [2.05, 4.69) is 11.1 Å². The second-order valence-electron chi connectivity index (χ2n) is 7.85. The number of rotatable bonds is 13. The zero-order valence-electron chi connectivity index (χ0n) is 16.8. The van der Waals surface area contributed by atoms with Crippen LogP contribution in [0.2, 0.25) is 0 Å². The van der Waals surface area contributed by atoms with Gasteiger partial charge in [0.15, 0.2) is 10.0 Å². The number of thioether (sulfide) groups is 1. The van der Waals surface area contributed by atoms with E-state index in [1.807, 2.05) is 6.08 Å². The van der Waals surface area contributed by atoms with E-state index < -0.39 is 11.6 Å². The van der Waals surface area contributed by atoms with Gasteiger partial charge in [-0.05, 0) is 44.9 Å². The van der Waals surface area contributed by atoms with Gasteiger partial charge in [-0.2, -0.15) is 0 Å². The molecule has 0 aromatic carbocycles. The lowest BCUT2D eigenvalue weighted by molar-refractivity contribution is -0.121. The molecule has 1 aromatic heterocycles. The van der Waals surface area contributed by atoms with Crippen molar-refractivity contribution in [3.05, 3.63) is 23.2 Å². The maximum absolute atomic E-state index is 12.3. The Morgan fingerprint density at radius 2 is 2.24 bits per heavy atom. The third-order valence-electron chi connectivity index (χ3n) is 5.30. The molecule has 1 aliphatic carbocycles. The van der Waals surface area contributed by atoms with Crippen LogP contribution in [-0.4, -0.2) is 45.0 Å². The number of hydrogen-bond donors (Lipinski definition) is 2. The van der Waals surface area contributed by atoms with Crippen LogP contribution in [0.15, 0.2) is 21.9 Å². The largest absolute Gasteiger partial charge is 0.476 e. The molecule has 2 rings (SSSR count). The maximum Gasteiger partial charge on any atom is 0.355 e. The molecule has 2 unspecified atom stereocenters. The second kappa shape index (κ2) is 11.8. The number of thiazole rings is 1. The van der Waals surface area contributed by atoms with Gasteiger partial charge in [-0.3, -0.25) is 9.18 Å². The van der Waals surface area contributed by atoms with Gasteiger partial charge in [0.2, 0.25) is 0 Å². The first-order valence-corrected chi connectivity index (χ1v) is 12.0. The summed E-state index contributed by atoms with van der Waals surface area (Å²) in [5.74, 6) is 0.147. The number of carboxylic acid groups (broad SMARTS) is 1. The summed E-state index contributed by atoms with van der Waals surface area (Å²) in [7, 11) is 0. The molecule has 0 aliphatic heterocycles. The highest BCUT2D eigenvalue weighted by Crippen LogP contribution is 2.35. The van der Waals surface area contributed by atoms with Crippen molar-refractivity contribution in [1.29, 1.82) is 0 Å². The fourth-order valence-electron chi connectivity index (χ4n) is 3.61. The number of aliphatic hydroxyl groups is 1. The zero-order valence-corrected chi connectivity index (χ0v) is 18.4. The van der Waals surface area contributed by atoms with Gasteiger partial charge in [0, 0.05) is 23.5 Å². The molecule has 29 heavy (non-hydrogen) atoms. The Morgan fingerprint density at radius 1 is 1.45 bits per heavy atom. The van der Waals surface area contributed by atoms with E-state index in [9.17, 15) is 19.1 Å². The maximum atomic E-state index is 12.3. The lowest BCUT2D eigenvalue weighted by atomic mass is 9.90. The van der Waals surface area contributed by atoms with E-state index in [0.717, 1.165) is 31.4 Å². The molecular weight excluding hydrogens is 413 g/mol. The minimum absolute atomic E-state index is 0.0211. The standard InChI is InChI=1S/C21H30FNO4S2/c1-21(27,10-3-2-4-12-22)11-5-6-15-7-8-18(24)16(15)9-13-28-20-23-17(14-29-20)19(25)26/h5-6,14-16,27H,2-4,7-13H2,1H3,(H,25,26)/b6-5+/t15-,16?,21?/m0/s1. The predicted molar refractivity (Wildman–Crippen MR) is 114 cm³/mol. The van der Waals surface area contributed by atoms with Crippen molar-refractivity contribution in [3.8, 4) is 0 Å². The number of carbonyl (C=O) groups excluding carboxylic acids is 1. The first-order valence-electron chi connectivity index (χ1n) is 10.1. The number of nitrogens with zero attached hydrogens (tertiary/aromatic N) is 1. The van der Waals surface area contributed by atoms with Crippen LogP contribution >= 0.6 is 23.1 Å². The highest BCUT2D eigenvalue weighted by molar-refractivity contribution is 8.01. The molecule has 8 heteroatoms. The third kappa shape index (κ3) is 8.18. The Labute approximate surface area is 179 Å². The lowest BCUT2D eigenvalue weighted by Crippen LogP contribution is -2.23. The van der Waals surface area contributed by atoms with E-state index in [0.29, 0.717) is 30.0 Å². The van der Waals surface area contributed by atoms with Crippen LogP contribution in [0.3, 0.4) is 0 Å². The first-order chi connectivity index (χ1) is 13.8. The van der Waals surface area contributed by atoms with Crippen molar-refractivity contribution < 1.29 is 24.2 Å². The van der Waals surface area contributed by atoms with Gasteiger partial charge < -0.3 is 10.2 Å². The van der Waals surface area contributed by atoms with Gasteiger partial charge in [0.25, 0.3) is 0 Å². The predicted octanol–water partition coefficient (Wildman–Crippen LogP) is 5.15. The second-order valence-corrected chi connectivity index (χ2v) is 10.0. The number of ketones is 1. The molecule has 0 radical (unpaired) electrons. The summed E-state index contributed by atoms with van der Waals surface area (Å²) >= 11 is 2.80. The van der Waals surface area contributed by atoms with Crippen LogP contribution in [-0.2, 0) is 4.79 Å². The van der Waals surface area contributed by atoms with Crippen LogP contribution < -0.4 is 0 Å². The van der Waals surface area contributed by atoms with Gasteiger partial charge in [0.1, 0.15) is 5.78 Å². The number of aromatic carboxylic acids is 1. The highest BCUT2D eigenvalue weighted by Gasteiger charge is 2.32. The molecule has 1 aromatic rings. The molecule has 0 bridgehead atoms. The highest BCUT2D eigenvalue weighted by atomic mass is 32.2. The van der Waals surface area contributed by atoms with Gasteiger partial charge in [-0.1, -0.05) is 36.8 Å². The average molecular weight is 444 g/mol. The number of alkyl halides is 1. The fraction of sp³-hybridized carbons (Fsp3) is 0.667. The van der Waals surface area contributed by atoms with Crippen molar-refractivity contribution in [1.82, 2.24) is 4.98 Å². The summed E-state index contributed by atoms with van der Waals surface area (Å²) in [4.78, 5) is 27.2. The third-order valence-corrected chi connectivity index (χ3v) is 7.36. The number of hydrogen-bond acceptors (Lipinski definition) is 6. The Bertz CT molecular complexity index is 705. The number of aromatic nitrogens is 1. The molecule has 162 valence electrons. The summed E-state index contributed by atoms with van der Waals surface area (Å²) in [5, 5.41) is 20.9. The molecular formula is C21H30FNO4S2. The zero-order chi connectivity index (χ0) is 21.3. The molecule has 5 nitrogen and oxygen atoms in total. The quantitative estimate of drug-likeness (QED) is 0.249. The Balaban J connectivity index is 1.78. The van der Waals surface area contributed by atoms with Crippen molar-refractivity contribution in [3.63, 3.8) is 0 Å². The lowest BCUT2D eigenvalue weighted by Gasteiger charge is -2.22. The number of halogens is 1. The van der Waals surface area contributed by atoms with Crippen LogP contribution in [0, 0.1) is 11.8 Å². The normalized spacial score (nSPS) is 21.7. The molecule has 1 fully saturated rings. The minimum atomic E-state index is -1.03. The van der Waals surface area contributed by atoms with Gasteiger partial charge in [-0.15, -0.1) is 11.3 Å². The number of unbranched alkanes of at least 4 members (excludes halogenated alkanes) is 2. The van der Waals surface area contributed by atoms with Crippen LogP contribution in [0.25, 0.3) is 0 Å². The van der Waals surface area contributed by atoms with Crippen molar-refractivity contribution in [2.45, 2.75) is 68.2 Å². The number of carbonyl (C=O) groups is 2. The summed E-state index contributed by atoms with van der Waals surface area (Å²) in [6.07, 6.45) is 9.55. The molecule has 2 N–H and O–H groups in total. The Morgan fingerprint density at radius 3 is 2.93 bits per heavy atom. The minimum Gasteiger partial charge on any atom is -0.476 e. The van der Waals surface area contributed by atoms with E-state index in [1.54, 1.807) is 6.92 Å². The number of Topliss-reactive ketones (excluding diaryl/α,β-unsaturated/α-hetero) is 1. The smallest absolute Gasteiger partial charge is 0.355 e. The van der Waals surface area contributed by atoms with E-state index in [-0.39, 0.29) is 30.0 Å². The Hall–Kier alpha value is -1.25. The first kappa shape index (κ1) is 24.0. The Kier molecular flexibility index (Phi) is 9.79.